The average Bonchev–Trinajstić information content (AvgIpc) is 2.73. The Hall–Kier alpha value is -2.57. The number of benzene rings is 2. The van der Waals surface area contributed by atoms with Crippen molar-refractivity contribution in [3.8, 4) is 0 Å². The monoisotopic (exact) mass is 428 g/mol. The lowest BCUT2D eigenvalue weighted by molar-refractivity contribution is -0.136. The molecule has 0 radical (unpaired) electrons. The van der Waals surface area contributed by atoms with Crippen LogP contribution in [-0.4, -0.2) is 54.0 Å². The first kappa shape index (κ1) is 22.1. The van der Waals surface area contributed by atoms with E-state index in [1.54, 1.807) is 0 Å². The largest absolute Gasteiger partial charge is 0.338 e. The first-order valence-electron chi connectivity index (χ1n) is 10.3. The molecule has 0 unspecified atom stereocenters. The number of amides is 3. The zero-order valence-electron chi connectivity index (χ0n) is 17.5. The highest BCUT2D eigenvalue weighted by Crippen LogP contribution is 2.15. The number of carbonyl (C=O) groups is 2. The van der Waals surface area contributed by atoms with Crippen molar-refractivity contribution in [3.63, 3.8) is 0 Å². The Balaban J connectivity index is 1.52. The molecule has 1 aliphatic heterocycles. The quantitative estimate of drug-likeness (QED) is 0.734. The molecule has 2 aromatic carbocycles. The Morgan fingerprint density at radius 1 is 1.00 bits per heavy atom. The van der Waals surface area contributed by atoms with Gasteiger partial charge in [-0.25, -0.2) is 4.79 Å². The lowest BCUT2D eigenvalue weighted by atomic mass is 10.0. The summed E-state index contributed by atoms with van der Waals surface area (Å²) < 4.78 is 0. The average molecular weight is 429 g/mol. The first-order chi connectivity index (χ1) is 14.4. The molecule has 0 aliphatic carbocycles. The van der Waals surface area contributed by atoms with Gasteiger partial charge in [0.05, 0.1) is 0 Å². The van der Waals surface area contributed by atoms with Crippen LogP contribution in [0.4, 0.5) is 10.5 Å². The molecule has 0 bridgehead atoms. The molecule has 1 fully saturated rings. The van der Waals surface area contributed by atoms with Gasteiger partial charge in [0.15, 0.2) is 0 Å². The number of nitrogens with zero attached hydrogens (tertiary/aromatic N) is 2. The summed E-state index contributed by atoms with van der Waals surface area (Å²) in [6.45, 7) is 7.57. The van der Waals surface area contributed by atoms with Crippen LogP contribution in [-0.2, 0) is 11.3 Å². The van der Waals surface area contributed by atoms with Crippen LogP contribution < -0.4 is 10.6 Å². The topological polar surface area (TPSA) is 64.7 Å². The maximum atomic E-state index is 13.1. The number of para-hydroxylation sites is 1. The van der Waals surface area contributed by atoms with Crippen LogP contribution in [0.3, 0.4) is 0 Å². The van der Waals surface area contributed by atoms with Crippen LogP contribution in [0.15, 0.2) is 54.6 Å². The Bertz CT molecular complexity index is 851. The van der Waals surface area contributed by atoms with E-state index >= 15 is 0 Å². The van der Waals surface area contributed by atoms with Crippen molar-refractivity contribution < 1.29 is 9.59 Å². The Kier molecular flexibility index (Phi) is 7.71. The van der Waals surface area contributed by atoms with Crippen molar-refractivity contribution in [1.29, 1.82) is 0 Å². The van der Waals surface area contributed by atoms with E-state index in [4.69, 9.17) is 11.6 Å². The molecule has 6 nitrogen and oxygen atoms in total. The molecule has 3 amide bonds. The van der Waals surface area contributed by atoms with Crippen LogP contribution in [0.2, 0.25) is 5.02 Å². The number of hydrogen-bond donors (Lipinski definition) is 2. The standard InChI is InChI=1S/C23H29ClN4O2/c1-17(2)21(26-23(30)25-20-9-4-3-5-10-20)22(29)28-13-11-27(12-14-28)16-18-7-6-8-19(24)15-18/h3-10,15,17,21H,11-14,16H2,1-2H3,(H2,25,26,30)/t21-/m1/s1. The molecule has 7 heteroatoms. The SMILES string of the molecule is CC(C)[C@@H](NC(=O)Nc1ccccc1)C(=O)N1CCN(Cc2cccc(Cl)c2)CC1. The van der Waals surface area contributed by atoms with Crippen molar-refractivity contribution in [2.24, 2.45) is 5.92 Å². The summed E-state index contributed by atoms with van der Waals surface area (Å²) in [5.41, 5.74) is 1.86. The Morgan fingerprint density at radius 2 is 1.70 bits per heavy atom. The van der Waals surface area contributed by atoms with E-state index < -0.39 is 6.04 Å². The third-order valence-electron chi connectivity index (χ3n) is 5.23. The number of carbonyl (C=O) groups excluding carboxylic acids is 2. The van der Waals surface area contributed by atoms with E-state index in [1.165, 1.54) is 5.56 Å². The van der Waals surface area contributed by atoms with E-state index in [-0.39, 0.29) is 17.9 Å². The smallest absolute Gasteiger partial charge is 0.319 e. The van der Waals surface area contributed by atoms with Crippen LogP contribution in [0.5, 0.6) is 0 Å². The van der Waals surface area contributed by atoms with Gasteiger partial charge in [-0.2, -0.15) is 0 Å². The molecule has 1 atom stereocenters. The summed E-state index contributed by atoms with van der Waals surface area (Å²) in [7, 11) is 0. The molecule has 30 heavy (non-hydrogen) atoms. The number of hydrogen-bond acceptors (Lipinski definition) is 3. The van der Waals surface area contributed by atoms with Crippen LogP contribution in [0.25, 0.3) is 0 Å². The van der Waals surface area contributed by atoms with Gasteiger partial charge in [-0.1, -0.05) is 55.8 Å². The van der Waals surface area contributed by atoms with Crippen LogP contribution in [0, 0.1) is 5.92 Å². The fourth-order valence-corrected chi connectivity index (χ4v) is 3.77. The van der Waals surface area contributed by atoms with E-state index in [0.717, 1.165) is 24.7 Å². The molecular formula is C23H29ClN4O2. The highest BCUT2D eigenvalue weighted by molar-refractivity contribution is 6.30. The van der Waals surface area contributed by atoms with Crippen molar-refractivity contribution >= 4 is 29.2 Å². The third-order valence-corrected chi connectivity index (χ3v) is 5.47. The molecule has 3 rings (SSSR count). The van der Waals surface area contributed by atoms with Gasteiger partial charge >= 0.3 is 6.03 Å². The summed E-state index contributed by atoms with van der Waals surface area (Å²) in [6, 6.07) is 16.1. The second-order valence-electron chi connectivity index (χ2n) is 7.92. The number of urea groups is 1. The first-order valence-corrected chi connectivity index (χ1v) is 10.7. The number of rotatable bonds is 6. The summed E-state index contributed by atoms with van der Waals surface area (Å²) in [5, 5.41) is 6.37. The van der Waals surface area contributed by atoms with Crippen molar-refractivity contribution in [2.45, 2.75) is 26.4 Å². The molecule has 0 aromatic heterocycles. The van der Waals surface area contributed by atoms with Gasteiger partial charge in [0.1, 0.15) is 6.04 Å². The third kappa shape index (κ3) is 6.21. The summed E-state index contributed by atoms with van der Waals surface area (Å²) in [6.07, 6.45) is 0. The molecule has 1 aliphatic rings. The summed E-state index contributed by atoms with van der Waals surface area (Å²) in [4.78, 5) is 29.6. The van der Waals surface area contributed by atoms with Gasteiger partial charge in [-0.3, -0.25) is 9.69 Å². The minimum Gasteiger partial charge on any atom is -0.338 e. The van der Waals surface area contributed by atoms with Gasteiger partial charge in [0.2, 0.25) is 5.91 Å². The Morgan fingerprint density at radius 3 is 2.33 bits per heavy atom. The summed E-state index contributed by atoms with van der Waals surface area (Å²) >= 11 is 6.07. The number of halogens is 1. The maximum absolute atomic E-state index is 13.1. The van der Waals surface area contributed by atoms with E-state index in [0.29, 0.717) is 18.8 Å². The number of piperazine rings is 1. The van der Waals surface area contributed by atoms with E-state index in [9.17, 15) is 9.59 Å². The van der Waals surface area contributed by atoms with Gasteiger partial charge in [0, 0.05) is 43.4 Å². The second kappa shape index (κ2) is 10.5. The van der Waals surface area contributed by atoms with Gasteiger partial charge in [0.25, 0.3) is 0 Å². The van der Waals surface area contributed by atoms with Crippen LogP contribution >= 0.6 is 11.6 Å². The highest BCUT2D eigenvalue weighted by Gasteiger charge is 2.30. The predicted octanol–water partition coefficient (Wildman–Crippen LogP) is 3.83. The lowest BCUT2D eigenvalue weighted by Gasteiger charge is -2.37. The van der Waals surface area contributed by atoms with E-state index in [1.807, 2.05) is 67.3 Å². The van der Waals surface area contributed by atoms with Crippen molar-refractivity contribution in [2.75, 3.05) is 31.5 Å². The van der Waals surface area contributed by atoms with Crippen molar-refractivity contribution in [1.82, 2.24) is 15.1 Å². The number of anilines is 1. The van der Waals surface area contributed by atoms with Gasteiger partial charge in [-0.05, 0) is 35.7 Å². The molecule has 1 heterocycles. The summed E-state index contributed by atoms with van der Waals surface area (Å²) in [5.74, 6) is -0.0425. The molecule has 0 spiro atoms. The zero-order valence-corrected chi connectivity index (χ0v) is 18.2. The Labute approximate surface area is 183 Å². The van der Waals surface area contributed by atoms with Crippen LogP contribution in [0.1, 0.15) is 19.4 Å². The molecule has 160 valence electrons. The molecular weight excluding hydrogens is 400 g/mol. The van der Waals surface area contributed by atoms with Crippen molar-refractivity contribution in [3.05, 3.63) is 65.2 Å². The fraction of sp³-hybridized carbons (Fsp3) is 0.391. The van der Waals surface area contributed by atoms with E-state index in [2.05, 4.69) is 21.6 Å². The molecule has 0 saturated carbocycles. The predicted molar refractivity (Wildman–Crippen MR) is 121 cm³/mol. The molecule has 2 aromatic rings. The normalized spacial score (nSPS) is 15.7. The zero-order chi connectivity index (χ0) is 21.5. The molecule has 2 N–H and O–H groups in total. The minimum atomic E-state index is -0.562. The maximum Gasteiger partial charge on any atom is 0.319 e. The lowest BCUT2D eigenvalue weighted by Crippen LogP contribution is -2.56. The highest BCUT2D eigenvalue weighted by atomic mass is 35.5. The second-order valence-corrected chi connectivity index (χ2v) is 8.35. The van der Waals surface area contributed by atoms with Gasteiger partial charge < -0.3 is 15.5 Å². The number of nitrogens with one attached hydrogen (secondary N) is 2. The minimum absolute atomic E-state index is 0.0106. The van der Waals surface area contributed by atoms with Gasteiger partial charge in [-0.15, -0.1) is 0 Å². The molecule has 1 saturated heterocycles. The fourth-order valence-electron chi connectivity index (χ4n) is 3.56.